The summed E-state index contributed by atoms with van der Waals surface area (Å²) >= 11 is 1.34. The molecule has 1 atom stereocenters. The first-order valence-corrected chi connectivity index (χ1v) is 9.55. The van der Waals surface area contributed by atoms with Crippen LogP contribution in [0.25, 0.3) is 5.95 Å². The van der Waals surface area contributed by atoms with Crippen molar-refractivity contribution in [2.24, 2.45) is 0 Å². The van der Waals surface area contributed by atoms with Crippen LogP contribution >= 0.6 is 11.8 Å². The summed E-state index contributed by atoms with van der Waals surface area (Å²) in [6.07, 6.45) is 4.57. The number of aromatic nitrogens is 5. The number of nitrogen functional groups attached to an aromatic ring is 1. The molecule has 1 fully saturated rings. The van der Waals surface area contributed by atoms with Gasteiger partial charge in [0, 0.05) is 18.8 Å². The third-order valence-electron chi connectivity index (χ3n) is 4.39. The summed E-state index contributed by atoms with van der Waals surface area (Å²) in [6.45, 7) is 7.44. The van der Waals surface area contributed by atoms with Gasteiger partial charge in [-0.25, -0.2) is 9.36 Å². The number of nitrogens with zero attached hydrogens (tertiary/aromatic N) is 6. The van der Waals surface area contributed by atoms with Crippen molar-refractivity contribution < 1.29 is 4.79 Å². The number of aryl methyl sites for hydroxylation is 2. The Morgan fingerprint density at radius 2 is 1.88 bits per heavy atom. The molecule has 136 valence electrons. The summed E-state index contributed by atoms with van der Waals surface area (Å²) < 4.78 is 3.06. The van der Waals surface area contributed by atoms with Gasteiger partial charge in [-0.15, -0.1) is 10.2 Å². The van der Waals surface area contributed by atoms with Gasteiger partial charge < -0.3 is 10.7 Å². The number of hydrogen-bond acceptors (Lipinski definition) is 6. The highest BCUT2D eigenvalue weighted by atomic mass is 32.2. The van der Waals surface area contributed by atoms with Gasteiger partial charge in [-0.3, -0.25) is 4.79 Å². The Labute approximate surface area is 151 Å². The van der Waals surface area contributed by atoms with E-state index in [-0.39, 0.29) is 11.2 Å². The van der Waals surface area contributed by atoms with Gasteiger partial charge in [-0.1, -0.05) is 24.6 Å². The smallest absolute Gasteiger partial charge is 0.271 e. The van der Waals surface area contributed by atoms with E-state index in [0.29, 0.717) is 11.1 Å². The Hall–Kier alpha value is -2.03. The molecule has 2 aromatic heterocycles. The Morgan fingerprint density at radius 1 is 1.20 bits per heavy atom. The zero-order chi connectivity index (χ0) is 18.0. The van der Waals surface area contributed by atoms with E-state index in [1.54, 1.807) is 4.68 Å². The average molecular weight is 363 g/mol. The van der Waals surface area contributed by atoms with E-state index in [4.69, 9.17) is 5.84 Å². The van der Waals surface area contributed by atoms with Gasteiger partial charge in [0.1, 0.15) is 0 Å². The molecule has 3 heterocycles. The topological polar surface area (TPSA) is 94.9 Å². The number of carbonyl (C=O) groups is 1. The fourth-order valence-corrected chi connectivity index (χ4v) is 3.93. The van der Waals surface area contributed by atoms with Crippen molar-refractivity contribution in [3.8, 4) is 5.95 Å². The summed E-state index contributed by atoms with van der Waals surface area (Å²) in [5, 5.41) is 12.9. The van der Waals surface area contributed by atoms with Crippen LogP contribution in [-0.2, 0) is 4.79 Å². The first kappa shape index (κ1) is 17.8. The molecule has 8 nitrogen and oxygen atoms in total. The van der Waals surface area contributed by atoms with Gasteiger partial charge in [-0.2, -0.15) is 5.10 Å². The Balaban J connectivity index is 1.72. The molecule has 0 aromatic carbocycles. The molecule has 0 spiro atoms. The van der Waals surface area contributed by atoms with E-state index in [1.165, 1.54) is 29.3 Å². The van der Waals surface area contributed by atoms with Crippen LogP contribution in [0, 0.1) is 13.8 Å². The lowest BCUT2D eigenvalue weighted by Gasteiger charge is -2.23. The van der Waals surface area contributed by atoms with Gasteiger partial charge in [0.05, 0.1) is 10.9 Å². The lowest BCUT2D eigenvalue weighted by Crippen LogP contribution is -2.37. The van der Waals surface area contributed by atoms with E-state index in [2.05, 4.69) is 15.3 Å². The van der Waals surface area contributed by atoms with Crippen LogP contribution in [0.15, 0.2) is 11.2 Å². The second-order valence-electron chi connectivity index (χ2n) is 6.49. The number of hydrogen-bond donors (Lipinski definition) is 1. The number of amides is 1. The van der Waals surface area contributed by atoms with Crippen molar-refractivity contribution in [1.29, 1.82) is 0 Å². The van der Waals surface area contributed by atoms with Crippen molar-refractivity contribution in [3.05, 3.63) is 17.5 Å². The number of thioether (sulfide) groups is 1. The molecule has 2 aromatic rings. The van der Waals surface area contributed by atoms with E-state index in [0.717, 1.165) is 37.3 Å². The minimum absolute atomic E-state index is 0.141. The lowest BCUT2D eigenvalue weighted by atomic mass is 10.2. The standard InChI is InChI=1S/C16H25N7OS/c1-11-10-12(2)23(20-11)15-18-19-16(22(15)17)25-13(3)14(24)21-8-6-4-5-7-9-21/h10,13H,4-9,17H2,1-3H3. The van der Waals surface area contributed by atoms with Crippen LogP contribution in [0.1, 0.15) is 44.0 Å². The van der Waals surface area contributed by atoms with E-state index in [1.807, 2.05) is 31.7 Å². The van der Waals surface area contributed by atoms with Crippen molar-refractivity contribution in [1.82, 2.24) is 29.6 Å². The van der Waals surface area contributed by atoms with E-state index in [9.17, 15) is 4.79 Å². The maximum Gasteiger partial charge on any atom is 0.271 e. The molecule has 3 rings (SSSR count). The maximum absolute atomic E-state index is 12.7. The quantitative estimate of drug-likeness (QED) is 0.656. The molecule has 0 aliphatic carbocycles. The third kappa shape index (κ3) is 3.81. The normalized spacial score (nSPS) is 16.7. The fraction of sp³-hybridized carbons (Fsp3) is 0.625. The summed E-state index contributed by atoms with van der Waals surface area (Å²) in [5.41, 5.74) is 1.82. The van der Waals surface area contributed by atoms with E-state index >= 15 is 0 Å². The molecule has 0 bridgehead atoms. The number of likely N-dealkylation sites (tertiary alicyclic amines) is 1. The molecule has 1 unspecified atom stereocenters. The van der Waals surface area contributed by atoms with Gasteiger partial charge in [0.15, 0.2) is 0 Å². The fourth-order valence-electron chi connectivity index (χ4n) is 3.08. The van der Waals surface area contributed by atoms with Crippen molar-refractivity contribution >= 4 is 17.7 Å². The van der Waals surface area contributed by atoms with Crippen LogP contribution in [0.4, 0.5) is 0 Å². The highest BCUT2D eigenvalue weighted by Crippen LogP contribution is 2.24. The highest BCUT2D eigenvalue weighted by molar-refractivity contribution is 8.00. The minimum atomic E-state index is -0.252. The lowest BCUT2D eigenvalue weighted by molar-refractivity contribution is -0.130. The Kier molecular flexibility index (Phi) is 5.31. The van der Waals surface area contributed by atoms with Gasteiger partial charge in [0.2, 0.25) is 11.1 Å². The van der Waals surface area contributed by atoms with Crippen LogP contribution in [-0.4, -0.2) is 53.8 Å². The predicted molar refractivity (Wildman–Crippen MR) is 97.1 cm³/mol. The molecule has 9 heteroatoms. The Morgan fingerprint density at radius 3 is 2.48 bits per heavy atom. The van der Waals surface area contributed by atoms with Crippen molar-refractivity contribution in [2.75, 3.05) is 18.9 Å². The molecule has 1 aliphatic rings. The monoisotopic (exact) mass is 363 g/mol. The maximum atomic E-state index is 12.7. The SMILES string of the molecule is Cc1cc(C)n(-c2nnc(SC(C)C(=O)N3CCCCCC3)n2N)n1. The van der Waals surface area contributed by atoms with Crippen LogP contribution < -0.4 is 5.84 Å². The minimum Gasteiger partial charge on any atom is -0.342 e. The molecule has 0 saturated carbocycles. The average Bonchev–Trinajstić information content (AvgIpc) is 2.96. The van der Waals surface area contributed by atoms with Crippen LogP contribution in [0.2, 0.25) is 0 Å². The zero-order valence-electron chi connectivity index (χ0n) is 15.0. The van der Waals surface area contributed by atoms with Gasteiger partial charge in [0.25, 0.3) is 5.95 Å². The number of nitrogens with two attached hydrogens (primary N) is 1. The molecular formula is C16H25N7OS. The summed E-state index contributed by atoms with van der Waals surface area (Å²) in [6, 6.07) is 1.95. The van der Waals surface area contributed by atoms with Crippen molar-refractivity contribution in [2.45, 2.75) is 56.9 Å². The predicted octanol–water partition coefficient (Wildman–Crippen LogP) is 1.68. The van der Waals surface area contributed by atoms with Crippen molar-refractivity contribution in [3.63, 3.8) is 0 Å². The molecule has 0 radical (unpaired) electrons. The van der Waals surface area contributed by atoms with Crippen LogP contribution in [0.5, 0.6) is 0 Å². The summed E-state index contributed by atoms with van der Waals surface area (Å²) in [4.78, 5) is 14.7. The highest BCUT2D eigenvalue weighted by Gasteiger charge is 2.25. The van der Waals surface area contributed by atoms with Gasteiger partial charge in [-0.05, 0) is 39.7 Å². The molecule has 25 heavy (non-hydrogen) atoms. The van der Waals surface area contributed by atoms with Gasteiger partial charge >= 0.3 is 0 Å². The van der Waals surface area contributed by atoms with E-state index < -0.39 is 0 Å². The molecule has 1 amide bonds. The second kappa shape index (κ2) is 7.47. The first-order valence-electron chi connectivity index (χ1n) is 8.67. The molecule has 1 aliphatic heterocycles. The molecule has 2 N–H and O–H groups in total. The largest absolute Gasteiger partial charge is 0.342 e. The summed E-state index contributed by atoms with van der Waals surface area (Å²) in [7, 11) is 0. The second-order valence-corrected chi connectivity index (χ2v) is 7.80. The number of rotatable bonds is 4. The number of carbonyl (C=O) groups excluding carboxylic acids is 1. The summed E-state index contributed by atoms with van der Waals surface area (Å²) in [5.74, 6) is 6.74. The Bertz CT molecular complexity index is 746. The third-order valence-corrected chi connectivity index (χ3v) is 5.44. The zero-order valence-corrected chi connectivity index (χ0v) is 15.8. The van der Waals surface area contributed by atoms with Crippen LogP contribution in [0.3, 0.4) is 0 Å². The first-order chi connectivity index (χ1) is 12.0. The molecule has 1 saturated heterocycles. The molecular weight excluding hydrogens is 338 g/mol.